The van der Waals surface area contributed by atoms with E-state index < -0.39 is 0 Å². The molecule has 3 rings (SSSR count). The van der Waals surface area contributed by atoms with E-state index in [0.717, 1.165) is 18.4 Å². The molecule has 0 spiro atoms. The van der Waals surface area contributed by atoms with Gasteiger partial charge in [-0.15, -0.1) is 0 Å². The fraction of sp³-hybridized carbons (Fsp3) is 0.500. The molecule has 0 heterocycles. The zero-order valence-electron chi connectivity index (χ0n) is 15.6. The van der Waals surface area contributed by atoms with E-state index in [4.69, 9.17) is 4.74 Å². The smallest absolute Gasteiger partial charge is 0.334 e. The first-order valence-corrected chi connectivity index (χ1v) is 9.04. The van der Waals surface area contributed by atoms with Crippen LogP contribution in [0.15, 0.2) is 30.4 Å². The summed E-state index contributed by atoms with van der Waals surface area (Å²) in [7, 11) is 0. The van der Waals surface area contributed by atoms with Crippen LogP contribution in [0, 0.1) is 16.7 Å². The number of hydrogen-bond donors (Lipinski definition) is 1. The van der Waals surface area contributed by atoms with E-state index in [-0.39, 0.29) is 28.7 Å². The molecule has 2 saturated carbocycles. The SMILES string of the molecule is C=Cc1ccc(O)c(/C=C(\C)C(=O)OC2CC3CCC2(C)C3(C)C)c1. The van der Waals surface area contributed by atoms with Crippen LogP contribution in [0.4, 0.5) is 0 Å². The number of fused-ring (bicyclic) bond motifs is 2. The molecule has 3 nitrogen and oxygen atoms in total. The summed E-state index contributed by atoms with van der Waals surface area (Å²) in [5.74, 6) is 0.483. The van der Waals surface area contributed by atoms with Crippen LogP contribution in [0.25, 0.3) is 12.2 Å². The molecule has 2 bridgehead atoms. The van der Waals surface area contributed by atoms with Gasteiger partial charge >= 0.3 is 5.97 Å². The van der Waals surface area contributed by atoms with Gasteiger partial charge in [0.15, 0.2) is 0 Å². The van der Waals surface area contributed by atoms with Crippen molar-refractivity contribution in [1.82, 2.24) is 0 Å². The average Bonchev–Trinajstić information content (AvgIpc) is 2.90. The first-order valence-electron chi connectivity index (χ1n) is 9.04. The fourth-order valence-electron chi connectivity index (χ4n) is 4.64. The molecule has 2 aliphatic carbocycles. The number of esters is 1. The van der Waals surface area contributed by atoms with Gasteiger partial charge < -0.3 is 9.84 Å². The summed E-state index contributed by atoms with van der Waals surface area (Å²) in [6, 6.07) is 5.20. The highest BCUT2D eigenvalue weighted by Gasteiger charge is 2.62. The lowest BCUT2D eigenvalue weighted by molar-refractivity contribution is -0.151. The molecular weight excluding hydrogens is 312 g/mol. The van der Waals surface area contributed by atoms with Crippen molar-refractivity contribution in [2.75, 3.05) is 0 Å². The van der Waals surface area contributed by atoms with Crippen molar-refractivity contribution in [2.45, 2.75) is 53.1 Å². The first kappa shape index (κ1) is 17.8. The Labute approximate surface area is 150 Å². The summed E-state index contributed by atoms with van der Waals surface area (Å²) in [5, 5.41) is 10.0. The lowest BCUT2D eigenvalue weighted by Gasteiger charge is -2.38. The van der Waals surface area contributed by atoms with Crippen LogP contribution in [0.2, 0.25) is 0 Å². The minimum Gasteiger partial charge on any atom is -0.507 e. The van der Waals surface area contributed by atoms with Gasteiger partial charge in [-0.2, -0.15) is 0 Å². The van der Waals surface area contributed by atoms with Gasteiger partial charge in [-0.1, -0.05) is 39.5 Å². The molecule has 1 aromatic rings. The molecule has 0 aliphatic heterocycles. The monoisotopic (exact) mass is 340 g/mol. The van der Waals surface area contributed by atoms with Crippen LogP contribution in [0.5, 0.6) is 5.75 Å². The van der Waals surface area contributed by atoms with Crippen molar-refractivity contribution in [3.63, 3.8) is 0 Å². The third-order valence-corrected chi connectivity index (χ3v) is 6.94. The maximum Gasteiger partial charge on any atom is 0.334 e. The summed E-state index contributed by atoms with van der Waals surface area (Å²) in [6.45, 7) is 12.3. The number of carbonyl (C=O) groups excluding carboxylic acids is 1. The molecule has 3 atom stereocenters. The van der Waals surface area contributed by atoms with Crippen LogP contribution in [0.1, 0.15) is 58.1 Å². The minimum atomic E-state index is -0.294. The molecule has 3 unspecified atom stereocenters. The number of phenols is 1. The van der Waals surface area contributed by atoms with E-state index in [2.05, 4.69) is 27.4 Å². The Morgan fingerprint density at radius 2 is 2.08 bits per heavy atom. The van der Waals surface area contributed by atoms with Crippen molar-refractivity contribution in [3.05, 3.63) is 41.5 Å². The molecule has 134 valence electrons. The second-order valence-electron chi connectivity index (χ2n) is 8.35. The summed E-state index contributed by atoms with van der Waals surface area (Å²) in [4.78, 5) is 12.6. The number of aromatic hydroxyl groups is 1. The van der Waals surface area contributed by atoms with Crippen LogP contribution in [0.3, 0.4) is 0 Å². The Morgan fingerprint density at radius 1 is 1.36 bits per heavy atom. The van der Waals surface area contributed by atoms with Gasteiger partial charge in [-0.3, -0.25) is 0 Å². The molecule has 0 saturated heterocycles. The van der Waals surface area contributed by atoms with Crippen LogP contribution < -0.4 is 0 Å². The van der Waals surface area contributed by atoms with E-state index in [1.807, 2.05) is 0 Å². The van der Waals surface area contributed by atoms with Crippen molar-refractivity contribution in [3.8, 4) is 5.75 Å². The molecule has 2 aliphatic rings. The Hall–Kier alpha value is -2.03. The summed E-state index contributed by atoms with van der Waals surface area (Å²) >= 11 is 0. The van der Waals surface area contributed by atoms with Gasteiger partial charge in [0, 0.05) is 16.6 Å². The van der Waals surface area contributed by atoms with Crippen LogP contribution >= 0.6 is 0 Å². The minimum absolute atomic E-state index is 0.0230. The highest BCUT2D eigenvalue weighted by Crippen LogP contribution is 2.66. The highest BCUT2D eigenvalue weighted by molar-refractivity contribution is 5.93. The maximum absolute atomic E-state index is 12.6. The predicted octanol–water partition coefficient (Wildman–Crippen LogP) is 5.20. The highest BCUT2D eigenvalue weighted by atomic mass is 16.5. The van der Waals surface area contributed by atoms with Gasteiger partial charge in [0.2, 0.25) is 0 Å². The molecule has 0 aromatic heterocycles. The van der Waals surface area contributed by atoms with Gasteiger partial charge in [0.25, 0.3) is 0 Å². The second kappa shape index (κ2) is 6.05. The van der Waals surface area contributed by atoms with E-state index in [9.17, 15) is 9.90 Å². The molecular formula is C22H28O3. The molecule has 0 amide bonds. The Balaban J connectivity index is 1.77. The zero-order valence-corrected chi connectivity index (χ0v) is 15.6. The van der Waals surface area contributed by atoms with Gasteiger partial charge in [-0.05, 0) is 61.3 Å². The third kappa shape index (κ3) is 2.80. The lowest BCUT2D eigenvalue weighted by Crippen LogP contribution is -2.38. The van der Waals surface area contributed by atoms with Gasteiger partial charge in [-0.25, -0.2) is 4.79 Å². The average molecular weight is 340 g/mol. The quantitative estimate of drug-likeness (QED) is 0.605. The normalized spacial score (nSPS) is 30.3. The summed E-state index contributed by atoms with van der Waals surface area (Å²) < 4.78 is 5.91. The Morgan fingerprint density at radius 3 is 2.64 bits per heavy atom. The molecule has 1 aromatic carbocycles. The molecule has 3 heteroatoms. The van der Waals surface area contributed by atoms with E-state index in [0.29, 0.717) is 17.1 Å². The van der Waals surface area contributed by atoms with E-state index >= 15 is 0 Å². The first-order chi connectivity index (χ1) is 11.7. The zero-order chi connectivity index (χ0) is 18.4. The second-order valence-corrected chi connectivity index (χ2v) is 8.35. The topological polar surface area (TPSA) is 46.5 Å². The van der Waals surface area contributed by atoms with Gasteiger partial charge in [0.05, 0.1) is 0 Å². The fourth-order valence-corrected chi connectivity index (χ4v) is 4.64. The van der Waals surface area contributed by atoms with Crippen molar-refractivity contribution < 1.29 is 14.6 Å². The van der Waals surface area contributed by atoms with Crippen molar-refractivity contribution in [2.24, 2.45) is 16.7 Å². The number of rotatable bonds is 4. The number of ether oxygens (including phenoxy) is 1. The molecule has 0 radical (unpaired) electrons. The summed E-state index contributed by atoms with van der Waals surface area (Å²) in [5.41, 5.74) is 2.27. The Kier molecular flexibility index (Phi) is 4.30. The van der Waals surface area contributed by atoms with Crippen molar-refractivity contribution >= 4 is 18.1 Å². The molecule has 2 fully saturated rings. The van der Waals surface area contributed by atoms with E-state index in [1.165, 1.54) is 6.42 Å². The largest absolute Gasteiger partial charge is 0.507 e. The van der Waals surface area contributed by atoms with E-state index in [1.54, 1.807) is 37.3 Å². The lowest BCUT2D eigenvalue weighted by atomic mass is 9.70. The maximum atomic E-state index is 12.6. The predicted molar refractivity (Wildman–Crippen MR) is 101 cm³/mol. The Bertz CT molecular complexity index is 744. The standard InChI is InChI=1S/C22H28O3/c1-6-15-7-8-18(23)16(12-15)11-14(2)20(24)25-19-13-17-9-10-22(19,5)21(17,3)4/h6-8,11-12,17,19,23H,1,9-10,13H2,2-5H3/b14-11+. The molecule has 25 heavy (non-hydrogen) atoms. The van der Waals surface area contributed by atoms with Crippen LogP contribution in [-0.2, 0) is 9.53 Å². The number of phenolic OH excluding ortho intramolecular Hbond substituents is 1. The number of carbonyl (C=O) groups is 1. The third-order valence-electron chi connectivity index (χ3n) is 6.94. The van der Waals surface area contributed by atoms with Crippen molar-refractivity contribution in [1.29, 1.82) is 0 Å². The number of hydrogen-bond acceptors (Lipinski definition) is 3. The summed E-state index contributed by atoms with van der Waals surface area (Å²) in [6.07, 6.45) is 6.68. The van der Waals surface area contributed by atoms with Gasteiger partial charge in [0.1, 0.15) is 11.9 Å². The van der Waals surface area contributed by atoms with Crippen LogP contribution in [-0.4, -0.2) is 17.2 Å². The number of benzene rings is 1. The molecule has 1 N–H and O–H groups in total.